The zero-order valence-electron chi connectivity index (χ0n) is 14.8. The summed E-state index contributed by atoms with van der Waals surface area (Å²) in [5, 5.41) is 6.03. The maximum Gasteiger partial charge on any atom is 0.243 e. The maximum atomic E-state index is 12.1. The van der Waals surface area contributed by atoms with Crippen LogP contribution >= 0.6 is 0 Å². The van der Waals surface area contributed by atoms with Gasteiger partial charge in [0.1, 0.15) is 5.75 Å². The number of carbonyl (C=O) groups is 1. The molecule has 2 N–H and O–H groups in total. The van der Waals surface area contributed by atoms with Gasteiger partial charge >= 0.3 is 0 Å². The fourth-order valence-corrected chi connectivity index (χ4v) is 2.40. The summed E-state index contributed by atoms with van der Waals surface area (Å²) in [6.45, 7) is 8.44. The number of benzene rings is 2. The standard InChI is InChI=1S/C20H26N2O2/c1-5-16(4)24-19-8-6-17(7-9-19)22-20(23)13-21-18-11-14(2)10-15(3)12-18/h6-12,16,21H,5,13H2,1-4H3,(H,22,23). The zero-order chi connectivity index (χ0) is 17.5. The average Bonchev–Trinajstić information content (AvgIpc) is 2.54. The van der Waals surface area contributed by atoms with Gasteiger partial charge < -0.3 is 15.4 Å². The first-order chi connectivity index (χ1) is 11.5. The molecule has 2 aromatic carbocycles. The summed E-state index contributed by atoms with van der Waals surface area (Å²) in [6.07, 6.45) is 1.15. The molecule has 0 aromatic heterocycles. The molecular formula is C20H26N2O2. The van der Waals surface area contributed by atoms with E-state index in [9.17, 15) is 4.79 Å². The van der Waals surface area contributed by atoms with Gasteiger partial charge in [0.05, 0.1) is 12.6 Å². The summed E-state index contributed by atoms with van der Waals surface area (Å²) in [5.41, 5.74) is 4.07. The third-order valence-corrected chi connectivity index (χ3v) is 3.73. The second-order valence-corrected chi connectivity index (χ2v) is 6.14. The second kappa shape index (κ2) is 8.39. The largest absolute Gasteiger partial charge is 0.491 e. The predicted octanol–water partition coefficient (Wildman–Crippen LogP) is 4.53. The molecule has 24 heavy (non-hydrogen) atoms. The molecule has 0 aliphatic carbocycles. The number of ether oxygens (including phenoxy) is 1. The monoisotopic (exact) mass is 326 g/mol. The van der Waals surface area contributed by atoms with Crippen LogP contribution in [-0.2, 0) is 4.79 Å². The predicted molar refractivity (Wildman–Crippen MR) is 99.9 cm³/mol. The SMILES string of the molecule is CCC(C)Oc1ccc(NC(=O)CNc2cc(C)cc(C)c2)cc1. The van der Waals surface area contributed by atoms with Gasteiger partial charge in [0.15, 0.2) is 0 Å². The molecule has 0 saturated carbocycles. The minimum atomic E-state index is -0.0789. The van der Waals surface area contributed by atoms with Gasteiger partial charge in [0.25, 0.3) is 0 Å². The van der Waals surface area contributed by atoms with Gasteiger partial charge in [-0.25, -0.2) is 0 Å². The van der Waals surface area contributed by atoms with Crippen molar-refractivity contribution in [2.75, 3.05) is 17.2 Å². The van der Waals surface area contributed by atoms with E-state index >= 15 is 0 Å². The van der Waals surface area contributed by atoms with Crippen molar-refractivity contribution in [3.05, 3.63) is 53.6 Å². The Hall–Kier alpha value is -2.49. The van der Waals surface area contributed by atoms with Crippen molar-refractivity contribution < 1.29 is 9.53 Å². The van der Waals surface area contributed by atoms with E-state index in [1.165, 1.54) is 11.1 Å². The molecule has 1 amide bonds. The molecule has 0 saturated heterocycles. The van der Waals surface area contributed by atoms with Crippen LogP contribution in [0.3, 0.4) is 0 Å². The summed E-state index contributed by atoms with van der Waals surface area (Å²) in [6, 6.07) is 13.6. The molecular weight excluding hydrogens is 300 g/mol. The van der Waals surface area contributed by atoms with Crippen LogP contribution in [0.4, 0.5) is 11.4 Å². The first-order valence-corrected chi connectivity index (χ1v) is 8.35. The Morgan fingerprint density at radius 3 is 2.25 bits per heavy atom. The average molecular weight is 326 g/mol. The lowest BCUT2D eigenvalue weighted by Gasteiger charge is -2.13. The number of anilines is 2. The van der Waals surface area contributed by atoms with Crippen molar-refractivity contribution in [1.29, 1.82) is 0 Å². The first-order valence-electron chi connectivity index (χ1n) is 8.35. The zero-order valence-corrected chi connectivity index (χ0v) is 14.8. The van der Waals surface area contributed by atoms with E-state index in [-0.39, 0.29) is 18.6 Å². The van der Waals surface area contributed by atoms with Crippen LogP contribution in [0.25, 0.3) is 0 Å². The minimum Gasteiger partial charge on any atom is -0.491 e. The van der Waals surface area contributed by atoms with Gasteiger partial charge in [-0.2, -0.15) is 0 Å². The third-order valence-electron chi connectivity index (χ3n) is 3.73. The Morgan fingerprint density at radius 1 is 1.04 bits per heavy atom. The Balaban J connectivity index is 1.85. The van der Waals surface area contributed by atoms with Crippen LogP contribution in [0, 0.1) is 13.8 Å². The molecule has 128 valence electrons. The summed E-state index contributed by atoms with van der Waals surface area (Å²) < 4.78 is 5.73. The fraction of sp³-hybridized carbons (Fsp3) is 0.350. The van der Waals surface area contributed by atoms with Crippen LogP contribution in [-0.4, -0.2) is 18.6 Å². The lowest BCUT2D eigenvalue weighted by atomic mass is 10.1. The van der Waals surface area contributed by atoms with Crippen LogP contribution in [0.1, 0.15) is 31.4 Å². The fourth-order valence-electron chi connectivity index (χ4n) is 2.40. The van der Waals surface area contributed by atoms with E-state index in [0.29, 0.717) is 0 Å². The van der Waals surface area contributed by atoms with Gasteiger partial charge in [-0.15, -0.1) is 0 Å². The van der Waals surface area contributed by atoms with E-state index in [4.69, 9.17) is 4.74 Å². The number of nitrogens with one attached hydrogen (secondary N) is 2. The van der Waals surface area contributed by atoms with Crippen LogP contribution in [0.2, 0.25) is 0 Å². The van der Waals surface area contributed by atoms with Gasteiger partial charge in [-0.05, 0) is 74.7 Å². The Labute approximate surface area is 144 Å². The van der Waals surface area contributed by atoms with E-state index in [1.807, 2.05) is 57.2 Å². The topological polar surface area (TPSA) is 50.4 Å². The quantitative estimate of drug-likeness (QED) is 0.786. The van der Waals surface area contributed by atoms with Gasteiger partial charge in [0, 0.05) is 11.4 Å². The molecule has 0 aliphatic rings. The smallest absolute Gasteiger partial charge is 0.243 e. The molecule has 0 fully saturated rings. The van der Waals surface area contributed by atoms with Gasteiger partial charge in [-0.3, -0.25) is 4.79 Å². The number of hydrogen-bond donors (Lipinski definition) is 2. The third kappa shape index (κ3) is 5.61. The molecule has 0 radical (unpaired) electrons. The summed E-state index contributed by atoms with van der Waals surface area (Å²) in [4.78, 5) is 12.1. The summed E-state index contributed by atoms with van der Waals surface area (Å²) in [7, 11) is 0. The van der Waals surface area contributed by atoms with Gasteiger partial charge in [-0.1, -0.05) is 13.0 Å². The van der Waals surface area contributed by atoms with E-state index in [1.54, 1.807) is 0 Å². The minimum absolute atomic E-state index is 0.0789. The van der Waals surface area contributed by atoms with E-state index < -0.39 is 0 Å². The summed E-state index contributed by atoms with van der Waals surface area (Å²) >= 11 is 0. The highest BCUT2D eigenvalue weighted by Gasteiger charge is 2.05. The van der Waals surface area contributed by atoms with Crippen molar-refractivity contribution >= 4 is 17.3 Å². The molecule has 0 aliphatic heterocycles. The van der Waals surface area contributed by atoms with Gasteiger partial charge in [0.2, 0.25) is 5.91 Å². The van der Waals surface area contributed by atoms with Crippen LogP contribution in [0.15, 0.2) is 42.5 Å². The molecule has 1 atom stereocenters. The lowest BCUT2D eigenvalue weighted by molar-refractivity contribution is -0.114. The van der Waals surface area contributed by atoms with Crippen molar-refractivity contribution in [3.8, 4) is 5.75 Å². The van der Waals surface area contributed by atoms with Crippen molar-refractivity contribution in [1.82, 2.24) is 0 Å². The lowest BCUT2D eigenvalue weighted by Crippen LogP contribution is -2.21. The molecule has 0 bridgehead atoms. The highest BCUT2D eigenvalue weighted by atomic mass is 16.5. The molecule has 4 nitrogen and oxygen atoms in total. The van der Waals surface area contributed by atoms with Crippen molar-refractivity contribution in [3.63, 3.8) is 0 Å². The molecule has 2 rings (SSSR count). The number of aryl methyl sites for hydroxylation is 2. The molecule has 0 spiro atoms. The molecule has 2 aromatic rings. The molecule has 1 unspecified atom stereocenters. The number of amides is 1. The number of hydrogen-bond acceptors (Lipinski definition) is 3. The molecule has 0 heterocycles. The van der Waals surface area contributed by atoms with Crippen molar-refractivity contribution in [2.45, 2.75) is 40.2 Å². The summed E-state index contributed by atoms with van der Waals surface area (Å²) in [5.74, 6) is 0.737. The van der Waals surface area contributed by atoms with Crippen LogP contribution < -0.4 is 15.4 Å². The van der Waals surface area contributed by atoms with Crippen molar-refractivity contribution in [2.24, 2.45) is 0 Å². The second-order valence-electron chi connectivity index (χ2n) is 6.14. The number of rotatable bonds is 7. The Bertz CT molecular complexity index is 660. The van der Waals surface area contributed by atoms with E-state index in [2.05, 4.69) is 23.6 Å². The maximum absolute atomic E-state index is 12.1. The number of carbonyl (C=O) groups excluding carboxylic acids is 1. The normalized spacial score (nSPS) is 11.7. The Kier molecular flexibility index (Phi) is 6.24. The highest BCUT2D eigenvalue weighted by Crippen LogP contribution is 2.18. The first kappa shape index (κ1) is 17.9. The molecule has 4 heteroatoms. The van der Waals surface area contributed by atoms with E-state index in [0.717, 1.165) is 23.5 Å². The Morgan fingerprint density at radius 2 is 1.67 bits per heavy atom. The highest BCUT2D eigenvalue weighted by molar-refractivity contribution is 5.93. The van der Waals surface area contributed by atoms with Crippen LogP contribution in [0.5, 0.6) is 5.75 Å².